The topological polar surface area (TPSA) is 22.1 Å². The first kappa shape index (κ1) is 10.6. The van der Waals surface area contributed by atoms with Gasteiger partial charge < -0.3 is 4.74 Å². The molecule has 0 spiro atoms. The summed E-state index contributed by atoms with van der Waals surface area (Å²) in [5.41, 5.74) is -0.940. The van der Waals surface area contributed by atoms with Crippen LogP contribution in [0.5, 0.6) is 5.75 Å². The molecule has 0 saturated carbocycles. The highest BCUT2D eigenvalue weighted by molar-refractivity contribution is 14.1. The van der Waals surface area contributed by atoms with Crippen molar-refractivity contribution in [2.24, 2.45) is 0 Å². The predicted octanol–water partition coefficient (Wildman–Crippen LogP) is 2.71. The second kappa shape index (κ2) is 3.69. The molecule has 1 heterocycles. The number of hydrogen-bond acceptors (Lipinski definition) is 2. The van der Waals surface area contributed by atoms with Gasteiger partial charge in [0, 0.05) is 12.3 Å². The van der Waals surface area contributed by atoms with Crippen LogP contribution in [0.15, 0.2) is 12.3 Å². The van der Waals surface area contributed by atoms with Crippen molar-refractivity contribution in [2.45, 2.75) is 6.18 Å². The minimum Gasteiger partial charge on any atom is -0.496 e. The number of aromatic nitrogens is 1. The standard InChI is InChI=1S/C7H5F3INO/c1-13-5-2-6(7(8,9)10)12-3-4(5)11/h2-3H,1H3. The number of alkyl halides is 3. The number of ether oxygens (including phenoxy) is 1. The minimum atomic E-state index is -4.42. The fourth-order valence-corrected chi connectivity index (χ4v) is 1.25. The quantitative estimate of drug-likeness (QED) is 0.744. The Morgan fingerprint density at radius 3 is 2.54 bits per heavy atom. The third-order valence-corrected chi connectivity index (χ3v) is 2.14. The van der Waals surface area contributed by atoms with Crippen LogP contribution >= 0.6 is 22.6 Å². The molecule has 0 atom stereocenters. The van der Waals surface area contributed by atoms with Crippen molar-refractivity contribution in [1.82, 2.24) is 4.98 Å². The van der Waals surface area contributed by atoms with E-state index in [9.17, 15) is 13.2 Å². The van der Waals surface area contributed by atoms with E-state index in [1.54, 1.807) is 0 Å². The maximum Gasteiger partial charge on any atom is 0.433 e. The highest BCUT2D eigenvalue weighted by atomic mass is 127. The lowest BCUT2D eigenvalue weighted by Crippen LogP contribution is -2.08. The van der Waals surface area contributed by atoms with Crippen LogP contribution in [0, 0.1) is 3.57 Å². The van der Waals surface area contributed by atoms with E-state index in [1.165, 1.54) is 7.11 Å². The van der Waals surface area contributed by atoms with E-state index in [0.29, 0.717) is 3.57 Å². The number of nitrogens with zero attached hydrogens (tertiary/aromatic N) is 1. The first-order valence-electron chi connectivity index (χ1n) is 3.22. The second-order valence-electron chi connectivity index (χ2n) is 2.20. The molecule has 0 bridgehead atoms. The summed E-state index contributed by atoms with van der Waals surface area (Å²) < 4.78 is 41.6. The Hall–Kier alpha value is -0.530. The average Bonchev–Trinajstić information content (AvgIpc) is 2.03. The molecule has 6 heteroatoms. The zero-order valence-corrected chi connectivity index (χ0v) is 8.68. The molecule has 0 unspecified atom stereocenters. The smallest absolute Gasteiger partial charge is 0.433 e. The molecule has 72 valence electrons. The monoisotopic (exact) mass is 303 g/mol. The van der Waals surface area contributed by atoms with Gasteiger partial charge in [0.05, 0.1) is 10.7 Å². The van der Waals surface area contributed by atoms with Crippen LogP contribution < -0.4 is 4.74 Å². The Morgan fingerprint density at radius 2 is 2.08 bits per heavy atom. The molecule has 0 aliphatic heterocycles. The van der Waals surface area contributed by atoms with Crippen LogP contribution in [-0.2, 0) is 6.18 Å². The van der Waals surface area contributed by atoms with Gasteiger partial charge in [-0.25, -0.2) is 0 Å². The second-order valence-corrected chi connectivity index (χ2v) is 3.36. The Labute approximate surface area is 86.3 Å². The third-order valence-electron chi connectivity index (χ3n) is 1.33. The predicted molar refractivity (Wildman–Crippen MR) is 48.5 cm³/mol. The summed E-state index contributed by atoms with van der Waals surface area (Å²) in [6.45, 7) is 0. The van der Waals surface area contributed by atoms with Crippen LogP contribution in [0.3, 0.4) is 0 Å². The van der Waals surface area contributed by atoms with E-state index < -0.39 is 11.9 Å². The van der Waals surface area contributed by atoms with Crippen LogP contribution in [-0.4, -0.2) is 12.1 Å². The number of rotatable bonds is 1. The molecule has 1 aromatic rings. The van der Waals surface area contributed by atoms with E-state index in [2.05, 4.69) is 4.98 Å². The summed E-state index contributed by atoms with van der Waals surface area (Å²) in [4.78, 5) is 3.25. The van der Waals surface area contributed by atoms with Gasteiger partial charge in [-0.1, -0.05) is 0 Å². The molecule has 1 rings (SSSR count). The van der Waals surface area contributed by atoms with Crippen LogP contribution in [0.25, 0.3) is 0 Å². The van der Waals surface area contributed by atoms with Gasteiger partial charge in [0.2, 0.25) is 0 Å². The molecular weight excluding hydrogens is 298 g/mol. The molecule has 13 heavy (non-hydrogen) atoms. The highest BCUT2D eigenvalue weighted by Crippen LogP contribution is 2.31. The van der Waals surface area contributed by atoms with Gasteiger partial charge in [0.25, 0.3) is 0 Å². The maximum absolute atomic E-state index is 12.1. The fraction of sp³-hybridized carbons (Fsp3) is 0.286. The van der Waals surface area contributed by atoms with Crippen molar-refractivity contribution in [3.63, 3.8) is 0 Å². The summed E-state index contributed by atoms with van der Waals surface area (Å²) >= 11 is 1.85. The Kier molecular flexibility index (Phi) is 2.99. The van der Waals surface area contributed by atoms with Crippen molar-refractivity contribution in [2.75, 3.05) is 7.11 Å². The molecule has 0 aromatic carbocycles. The number of methoxy groups -OCH3 is 1. The van der Waals surface area contributed by atoms with Crippen LogP contribution in [0.1, 0.15) is 5.69 Å². The SMILES string of the molecule is COc1cc(C(F)(F)F)ncc1I. The molecule has 0 N–H and O–H groups in total. The first-order valence-corrected chi connectivity index (χ1v) is 4.29. The van der Waals surface area contributed by atoms with Gasteiger partial charge in [-0.3, -0.25) is 4.98 Å². The Morgan fingerprint density at radius 1 is 1.46 bits per heavy atom. The summed E-state index contributed by atoms with van der Waals surface area (Å²) in [5, 5.41) is 0. The summed E-state index contributed by atoms with van der Waals surface area (Å²) in [6, 6.07) is 0.877. The van der Waals surface area contributed by atoms with Crippen molar-refractivity contribution in [1.29, 1.82) is 0 Å². The zero-order chi connectivity index (χ0) is 10.1. The van der Waals surface area contributed by atoms with Gasteiger partial charge in [0.15, 0.2) is 0 Å². The van der Waals surface area contributed by atoms with Gasteiger partial charge in [0.1, 0.15) is 11.4 Å². The maximum atomic E-state index is 12.1. The van der Waals surface area contributed by atoms with Gasteiger partial charge in [-0.15, -0.1) is 0 Å². The number of halogens is 4. The molecule has 0 fully saturated rings. The number of pyridine rings is 1. The molecule has 1 aromatic heterocycles. The molecular formula is C7H5F3INO. The van der Waals surface area contributed by atoms with E-state index in [-0.39, 0.29) is 5.75 Å². The summed E-state index contributed by atoms with van der Waals surface area (Å²) in [5.74, 6) is 0.183. The zero-order valence-electron chi connectivity index (χ0n) is 6.52. The average molecular weight is 303 g/mol. The van der Waals surface area contributed by atoms with Crippen molar-refractivity contribution in [3.8, 4) is 5.75 Å². The lowest BCUT2D eigenvalue weighted by atomic mass is 10.3. The fourth-order valence-electron chi connectivity index (χ4n) is 0.732. The lowest BCUT2D eigenvalue weighted by Gasteiger charge is -2.08. The van der Waals surface area contributed by atoms with E-state index in [1.807, 2.05) is 22.6 Å². The van der Waals surface area contributed by atoms with Crippen LogP contribution in [0.4, 0.5) is 13.2 Å². The molecule has 0 aliphatic rings. The highest BCUT2D eigenvalue weighted by Gasteiger charge is 2.33. The van der Waals surface area contributed by atoms with Gasteiger partial charge >= 0.3 is 6.18 Å². The van der Waals surface area contributed by atoms with E-state index >= 15 is 0 Å². The van der Waals surface area contributed by atoms with E-state index in [4.69, 9.17) is 4.74 Å². The Balaban J connectivity index is 3.14. The largest absolute Gasteiger partial charge is 0.496 e. The van der Waals surface area contributed by atoms with Crippen molar-refractivity contribution >= 4 is 22.6 Å². The number of hydrogen-bond donors (Lipinski definition) is 0. The molecule has 0 saturated heterocycles. The van der Waals surface area contributed by atoms with Gasteiger partial charge in [-0.05, 0) is 22.6 Å². The Bertz CT molecular complexity index is 313. The molecule has 2 nitrogen and oxygen atoms in total. The molecule has 0 amide bonds. The lowest BCUT2D eigenvalue weighted by molar-refractivity contribution is -0.141. The molecule has 0 radical (unpaired) electrons. The van der Waals surface area contributed by atoms with E-state index in [0.717, 1.165) is 12.3 Å². The third kappa shape index (κ3) is 2.45. The van der Waals surface area contributed by atoms with Crippen molar-refractivity contribution in [3.05, 3.63) is 21.5 Å². The van der Waals surface area contributed by atoms with Crippen LogP contribution in [0.2, 0.25) is 0 Å². The minimum absolute atomic E-state index is 0.183. The first-order chi connectivity index (χ1) is 5.95. The molecule has 0 aliphatic carbocycles. The summed E-state index contributed by atoms with van der Waals surface area (Å²) in [6.07, 6.45) is -3.29. The van der Waals surface area contributed by atoms with Crippen molar-refractivity contribution < 1.29 is 17.9 Å². The normalized spacial score (nSPS) is 11.5. The van der Waals surface area contributed by atoms with Gasteiger partial charge in [-0.2, -0.15) is 13.2 Å². The summed E-state index contributed by atoms with van der Waals surface area (Å²) in [7, 11) is 1.32.